The Labute approximate surface area is 363 Å². The van der Waals surface area contributed by atoms with Crippen LogP contribution in [0.5, 0.6) is 0 Å². The summed E-state index contributed by atoms with van der Waals surface area (Å²) in [7, 11) is 0. The fourth-order valence-corrected chi connectivity index (χ4v) is 7.04. The monoisotopic (exact) mass is 891 g/mol. The van der Waals surface area contributed by atoms with Gasteiger partial charge < -0.3 is 89.7 Å². The van der Waals surface area contributed by atoms with E-state index in [0.29, 0.717) is 19.8 Å². The van der Waals surface area contributed by atoms with Crippen LogP contribution in [-0.4, -0.2) is 193 Å². The van der Waals surface area contributed by atoms with E-state index >= 15 is 0 Å². The third-order valence-electron chi connectivity index (χ3n) is 11.1. The summed E-state index contributed by atoms with van der Waals surface area (Å²) < 4.78 is 31.9. The molecule has 15 atom stereocenters. The lowest BCUT2D eigenvalue weighted by Gasteiger charge is -2.39. The average molecular weight is 891 g/mol. The quantitative estimate of drug-likeness (QED) is 0.0486. The maximum atomic E-state index is 9.84. The topological polar surface area (TPSA) is 298 Å². The number of aliphatic hydroxyl groups is 12. The van der Waals surface area contributed by atoms with Crippen LogP contribution in [0.1, 0.15) is 143 Å². The first-order valence-corrected chi connectivity index (χ1v) is 23.1. The summed E-state index contributed by atoms with van der Waals surface area (Å²) >= 11 is 0. The zero-order chi connectivity index (χ0) is 45.6. The number of rotatable bonds is 28. The third-order valence-corrected chi connectivity index (χ3v) is 11.1. The van der Waals surface area contributed by atoms with Gasteiger partial charge in [0, 0.05) is 19.8 Å². The van der Waals surface area contributed by atoms with Crippen LogP contribution in [0, 0.1) is 0 Å². The lowest BCUT2D eigenvalue weighted by atomic mass is 9.99. The zero-order valence-corrected chi connectivity index (χ0v) is 37.2. The van der Waals surface area contributed by atoms with E-state index in [1.165, 1.54) is 70.6 Å². The number of ether oxygens (including phenoxy) is 6. The second kappa shape index (κ2) is 35.5. The van der Waals surface area contributed by atoms with Gasteiger partial charge in [-0.1, -0.05) is 124 Å². The number of hydrogen-bond donors (Lipinski definition) is 12. The summed E-state index contributed by atoms with van der Waals surface area (Å²) in [6, 6.07) is 0. The molecule has 3 aliphatic rings. The predicted octanol–water partition coefficient (Wildman–Crippen LogP) is 0.880. The Balaban J connectivity index is 0.000000464. The second-order valence-corrected chi connectivity index (χ2v) is 16.4. The van der Waals surface area contributed by atoms with Crippen molar-refractivity contribution in [3.63, 3.8) is 0 Å². The van der Waals surface area contributed by atoms with Crippen LogP contribution in [0.15, 0.2) is 0 Å². The fourth-order valence-electron chi connectivity index (χ4n) is 7.04. The minimum absolute atomic E-state index is 0.413. The summed E-state index contributed by atoms with van der Waals surface area (Å²) in [5.41, 5.74) is 0. The molecule has 3 aliphatic heterocycles. The first-order valence-electron chi connectivity index (χ1n) is 23.1. The number of unbranched alkanes of at least 4 members (excludes halogenated alkanes) is 16. The smallest absolute Gasteiger partial charge is 0.186 e. The molecule has 0 spiro atoms. The molecule has 366 valence electrons. The van der Waals surface area contributed by atoms with Crippen molar-refractivity contribution in [3.05, 3.63) is 0 Å². The first-order chi connectivity index (χ1) is 29.3. The highest BCUT2D eigenvalue weighted by atomic mass is 16.7. The van der Waals surface area contributed by atoms with Gasteiger partial charge in [0.15, 0.2) is 18.9 Å². The standard InChI is InChI=1S/C18H36O6.C14H28O6.C11H22O6/c1-2-3-4-5-6-7-8-9-10-11-12-23-18-17(22)16(21)15(20)14(13-19)24-18;1-2-3-4-5-6-7-8-19-14-13(18)12(17)11(16)10(9-15)20-14;1-2-3-4-5-16-11-10(15)9(14)8(13)7(6-12)17-11/h14-22H,2-13H2,1H3;10-18H,2-9H2,1H3;7-15H,2-6H2,1H3/t14-,15-,16+,17-,18-;10-,11-,12+,13-,14-;7-,8-,9+,10-,11-/m111/s1. The molecule has 0 radical (unpaired) electrons. The van der Waals surface area contributed by atoms with E-state index in [4.69, 9.17) is 43.7 Å². The van der Waals surface area contributed by atoms with Gasteiger partial charge >= 0.3 is 0 Å². The second-order valence-electron chi connectivity index (χ2n) is 16.4. The highest BCUT2D eigenvalue weighted by Crippen LogP contribution is 2.25. The van der Waals surface area contributed by atoms with Gasteiger partial charge in [0.1, 0.15) is 73.2 Å². The molecule has 0 aromatic carbocycles. The molecule has 0 unspecified atom stereocenters. The first kappa shape index (κ1) is 58.3. The Hall–Kier alpha value is -0.720. The van der Waals surface area contributed by atoms with Crippen LogP contribution in [0.2, 0.25) is 0 Å². The lowest BCUT2D eigenvalue weighted by molar-refractivity contribution is -0.301. The van der Waals surface area contributed by atoms with Crippen LogP contribution >= 0.6 is 0 Å². The minimum atomic E-state index is -1.37. The van der Waals surface area contributed by atoms with Gasteiger partial charge in [-0.05, 0) is 19.3 Å². The van der Waals surface area contributed by atoms with Gasteiger partial charge in [0.2, 0.25) is 0 Å². The van der Waals surface area contributed by atoms with Crippen molar-refractivity contribution >= 4 is 0 Å². The predicted molar refractivity (Wildman–Crippen MR) is 224 cm³/mol. The Morgan fingerprint density at radius 2 is 0.508 bits per heavy atom. The van der Waals surface area contributed by atoms with Crippen LogP contribution in [-0.2, 0) is 28.4 Å². The van der Waals surface area contributed by atoms with E-state index in [-0.39, 0.29) is 0 Å². The van der Waals surface area contributed by atoms with Gasteiger partial charge in [0.25, 0.3) is 0 Å². The van der Waals surface area contributed by atoms with Gasteiger partial charge in [-0.25, -0.2) is 0 Å². The van der Waals surface area contributed by atoms with Crippen molar-refractivity contribution in [2.75, 3.05) is 39.6 Å². The molecule has 3 fully saturated rings. The molecule has 3 saturated heterocycles. The van der Waals surface area contributed by atoms with Gasteiger partial charge in [-0.3, -0.25) is 0 Å². The maximum absolute atomic E-state index is 9.84. The molecule has 61 heavy (non-hydrogen) atoms. The molecule has 3 rings (SSSR count). The van der Waals surface area contributed by atoms with Crippen molar-refractivity contribution in [1.29, 1.82) is 0 Å². The lowest BCUT2D eigenvalue weighted by Crippen LogP contribution is -2.59. The van der Waals surface area contributed by atoms with Crippen LogP contribution in [0.3, 0.4) is 0 Å². The Bertz CT molecular complexity index is 997. The highest BCUT2D eigenvalue weighted by molar-refractivity contribution is 4.90. The molecular weight excluding hydrogens is 804 g/mol. The summed E-state index contributed by atoms with van der Waals surface area (Å²) in [6.07, 6.45) is 4.24. The molecule has 0 bridgehead atoms. The van der Waals surface area contributed by atoms with E-state index in [9.17, 15) is 46.0 Å². The molecule has 0 amide bonds. The van der Waals surface area contributed by atoms with Gasteiger partial charge in [-0.15, -0.1) is 0 Å². The molecule has 12 N–H and O–H groups in total. The highest BCUT2D eigenvalue weighted by Gasteiger charge is 2.46. The van der Waals surface area contributed by atoms with Gasteiger partial charge in [-0.2, -0.15) is 0 Å². The Morgan fingerprint density at radius 3 is 0.754 bits per heavy atom. The van der Waals surface area contributed by atoms with E-state index in [0.717, 1.165) is 51.4 Å². The van der Waals surface area contributed by atoms with Crippen LogP contribution in [0.25, 0.3) is 0 Å². The molecule has 18 nitrogen and oxygen atoms in total. The molecule has 3 heterocycles. The molecular formula is C43H86O18. The van der Waals surface area contributed by atoms with E-state index in [1.54, 1.807) is 0 Å². The van der Waals surface area contributed by atoms with Crippen molar-refractivity contribution in [3.8, 4) is 0 Å². The normalized spacial score (nSPS) is 34.0. The molecule has 18 heteroatoms. The van der Waals surface area contributed by atoms with Gasteiger partial charge in [0.05, 0.1) is 19.8 Å². The SMILES string of the molecule is CCCCCCCCCCCCO[C@@H]1O[C@H](CO)[C@@H](O)[C@H](O)[C@H]1O.CCCCCCCCO[C@@H]1O[C@H](CO)[C@@H](O)[C@H](O)[C@H]1O.CCCCCO[C@@H]1O[C@H](CO)[C@@H](O)[C@H](O)[C@H]1O. The molecule has 0 saturated carbocycles. The number of hydrogen-bond acceptors (Lipinski definition) is 18. The van der Waals surface area contributed by atoms with Crippen molar-refractivity contribution in [2.45, 2.75) is 235 Å². The summed E-state index contributed by atoms with van der Waals surface area (Å²) in [5, 5.41) is 114. The summed E-state index contributed by atoms with van der Waals surface area (Å²) in [6.45, 7) is 6.44. The number of aliphatic hydroxyl groups excluding tert-OH is 12. The molecule has 0 aliphatic carbocycles. The zero-order valence-electron chi connectivity index (χ0n) is 37.2. The average Bonchev–Trinajstić information content (AvgIpc) is 3.26. The van der Waals surface area contributed by atoms with E-state index in [2.05, 4.69) is 20.8 Å². The minimum Gasteiger partial charge on any atom is -0.394 e. The Morgan fingerprint density at radius 1 is 0.295 bits per heavy atom. The fraction of sp³-hybridized carbons (Fsp3) is 1.00. The van der Waals surface area contributed by atoms with E-state index < -0.39 is 112 Å². The van der Waals surface area contributed by atoms with E-state index in [1.807, 2.05) is 0 Å². The molecule has 0 aromatic rings. The Kier molecular flexibility index (Phi) is 34.0. The van der Waals surface area contributed by atoms with Crippen molar-refractivity contribution in [1.82, 2.24) is 0 Å². The third kappa shape index (κ3) is 22.4. The largest absolute Gasteiger partial charge is 0.394 e. The van der Waals surface area contributed by atoms with Crippen molar-refractivity contribution in [2.24, 2.45) is 0 Å². The van der Waals surface area contributed by atoms with Crippen LogP contribution < -0.4 is 0 Å². The summed E-state index contributed by atoms with van der Waals surface area (Å²) in [5.74, 6) is 0. The van der Waals surface area contributed by atoms with Crippen molar-refractivity contribution < 1.29 is 89.7 Å². The molecule has 0 aromatic heterocycles. The maximum Gasteiger partial charge on any atom is 0.186 e. The van der Waals surface area contributed by atoms with Crippen LogP contribution in [0.4, 0.5) is 0 Å². The summed E-state index contributed by atoms with van der Waals surface area (Å²) in [4.78, 5) is 0.